The Morgan fingerprint density at radius 1 is 0.774 bits per heavy atom. The number of hydrogen-bond acceptors (Lipinski definition) is 1. The number of rotatable bonds is 13. The predicted molar refractivity (Wildman–Crippen MR) is 135 cm³/mol. The molecule has 1 aromatic heterocycles. The van der Waals surface area contributed by atoms with Crippen molar-refractivity contribution < 1.29 is 0 Å². The molecule has 2 aromatic carbocycles. The summed E-state index contributed by atoms with van der Waals surface area (Å²) in [5.74, 6) is 2.20. The fraction of sp³-hybridized carbons (Fsp3) is 0.552. The zero-order chi connectivity index (χ0) is 22.1. The van der Waals surface area contributed by atoms with Gasteiger partial charge in [-0.25, -0.2) is 4.98 Å². The predicted octanol–water partition coefficient (Wildman–Crippen LogP) is 8.53. The number of benzene rings is 2. The van der Waals surface area contributed by atoms with Crippen molar-refractivity contribution in [2.45, 2.75) is 97.9 Å². The van der Waals surface area contributed by atoms with Gasteiger partial charge in [0, 0.05) is 12.5 Å². The van der Waals surface area contributed by atoms with Crippen LogP contribution < -0.4 is 0 Å². The highest BCUT2D eigenvalue weighted by Crippen LogP contribution is 2.28. The maximum Gasteiger partial charge on any atom is 0.117 e. The molecule has 1 heterocycles. The van der Waals surface area contributed by atoms with Gasteiger partial charge < -0.3 is 4.57 Å². The van der Waals surface area contributed by atoms with Crippen LogP contribution in [0, 0.1) is 5.92 Å². The van der Waals surface area contributed by atoms with Crippen molar-refractivity contribution in [3.8, 4) is 0 Å². The molecule has 0 aliphatic rings. The molecule has 2 heteroatoms. The molecular formula is C29H42N2. The van der Waals surface area contributed by atoms with Gasteiger partial charge in [-0.1, -0.05) is 109 Å². The zero-order valence-corrected chi connectivity index (χ0v) is 20.2. The molecule has 1 atom stereocenters. The van der Waals surface area contributed by atoms with Crippen LogP contribution in [-0.4, -0.2) is 9.55 Å². The molecular weight excluding hydrogens is 376 g/mol. The molecule has 0 saturated heterocycles. The second kappa shape index (κ2) is 12.1. The number of nitrogens with zero attached hydrogens (tertiary/aromatic N) is 2. The minimum absolute atomic E-state index is 0.301. The minimum Gasteiger partial charge on any atom is -0.327 e. The summed E-state index contributed by atoms with van der Waals surface area (Å²) < 4.78 is 2.49. The van der Waals surface area contributed by atoms with Gasteiger partial charge in [-0.05, 0) is 42.0 Å². The Kier molecular flexibility index (Phi) is 9.18. The molecule has 2 nitrogen and oxygen atoms in total. The van der Waals surface area contributed by atoms with Gasteiger partial charge in [0.15, 0.2) is 0 Å². The Hall–Kier alpha value is -2.09. The summed E-state index contributed by atoms with van der Waals surface area (Å²) in [7, 11) is 0. The third kappa shape index (κ3) is 6.69. The summed E-state index contributed by atoms with van der Waals surface area (Å²) in [5, 5.41) is 0. The second-order valence-corrected chi connectivity index (χ2v) is 9.65. The Morgan fingerprint density at radius 2 is 1.42 bits per heavy atom. The van der Waals surface area contributed by atoms with Gasteiger partial charge >= 0.3 is 0 Å². The number of imidazole rings is 1. The Morgan fingerprint density at radius 3 is 2.10 bits per heavy atom. The molecule has 0 bridgehead atoms. The van der Waals surface area contributed by atoms with Crippen LogP contribution in [0.4, 0.5) is 0 Å². The average Bonchev–Trinajstić information content (AvgIpc) is 3.14. The first-order valence-corrected chi connectivity index (χ1v) is 12.6. The molecule has 0 amide bonds. The summed E-state index contributed by atoms with van der Waals surface area (Å²) in [6, 6.07) is 17.9. The van der Waals surface area contributed by atoms with E-state index < -0.39 is 0 Å². The van der Waals surface area contributed by atoms with Crippen LogP contribution in [-0.2, 0) is 13.0 Å². The number of para-hydroxylation sites is 2. The monoisotopic (exact) mass is 418 g/mol. The summed E-state index contributed by atoms with van der Waals surface area (Å²) in [4.78, 5) is 5.07. The van der Waals surface area contributed by atoms with E-state index in [1.54, 1.807) is 0 Å². The molecule has 0 aliphatic carbocycles. The van der Waals surface area contributed by atoms with Gasteiger partial charge in [0.2, 0.25) is 0 Å². The third-order valence-corrected chi connectivity index (χ3v) is 6.43. The van der Waals surface area contributed by atoms with Gasteiger partial charge in [-0.2, -0.15) is 0 Å². The van der Waals surface area contributed by atoms with Crippen molar-refractivity contribution in [1.29, 1.82) is 0 Å². The van der Waals surface area contributed by atoms with Crippen LogP contribution in [0.15, 0.2) is 48.5 Å². The van der Waals surface area contributed by atoms with Crippen LogP contribution in [0.5, 0.6) is 0 Å². The van der Waals surface area contributed by atoms with Gasteiger partial charge in [-0.3, -0.25) is 0 Å². The first-order chi connectivity index (χ1) is 15.1. The minimum atomic E-state index is 0.301. The fourth-order valence-electron chi connectivity index (χ4n) is 4.63. The summed E-state index contributed by atoms with van der Waals surface area (Å²) in [5.41, 5.74) is 5.20. The Bertz CT molecular complexity index is 904. The van der Waals surface area contributed by atoms with Crippen molar-refractivity contribution in [1.82, 2.24) is 9.55 Å². The van der Waals surface area contributed by atoms with Crippen molar-refractivity contribution in [2.24, 2.45) is 5.92 Å². The quantitative estimate of drug-likeness (QED) is 0.254. The molecule has 31 heavy (non-hydrogen) atoms. The van der Waals surface area contributed by atoms with Crippen LogP contribution in [0.3, 0.4) is 0 Å². The zero-order valence-electron chi connectivity index (χ0n) is 20.2. The molecule has 0 spiro atoms. The Balaban J connectivity index is 1.68. The molecule has 3 aromatic rings. The molecule has 0 N–H and O–H groups in total. The molecule has 168 valence electrons. The molecule has 1 unspecified atom stereocenters. The standard InChI is InChI=1S/C29H42N2/c1-5-6-7-8-9-10-11-14-21-31-28-16-13-12-15-27(28)30-29(31)24(4)26-19-17-25(18-20-26)22-23(2)3/h12-13,15-20,23-24H,5-11,14,21-22H2,1-4H3. The van der Waals surface area contributed by atoms with E-state index in [1.165, 1.54) is 73.8 Å². The van der Waals surface area contributed by atoms with E-state index >= 15 is 0 Å². The van der Waals surface area contributed by atoms with Crippen LogP contribution in [0.2, 0.25) is 0 Å². The van der Waals surface area contributed by atoms with Gasteiger partial charge in [0.1, 0.15) is 5.82 Å². The first kappa shape index (κ1) is 23.6. The number of aromatic nitrogens is 2. The Labute approximate surface area is 190 Å². The van der Waals surface area contributed by atoms with Crippen LogP contribution >= 0.6 is 0 Å². The molecule has 3 rings (SSSR count). The molecule has 0 saturated carbocycles. The van der Waals surface area contributed by atoms with E-state index in [1.807, 2.05) is 0 Å². The fourth-order valence-corrected chi connectivity index (χ4v) is 4.63. The van der Waals surface area contributed by atoms with Gasteiger partial charge in [0.25, 0.3) is 0 Å². The summed E-state index contributed by atoms with van der Waals surface area (Å²) in [6.07, 6.45) is 12.0. The van der Waals surface area contributed by atoms with E-state index in [2.05, 4.69) is 80.8 Å². The van der Waals surface area contributed by atoms with Crippen molar-refractivity contribution in [2.75, 3.05) is 0 Å². The van der Waals surface area contributed by atoms with E-state index in [-0.39, 0.29) is 0 Å². The number of aryl methyl sites for hydroxylation is 1. The van der Waals surface area contributed by atoms with Gasteiger partial charge in [0.05, 0.1) is 11.0 Å². The van der Waals surface area contributed by atoms with E-state index in [0.29, 0.717) is 11.8 Å². The number of unbranched alkanes of at least 4 members (excludes halogenated alkanes) is 7. The van der Waals surface area contributed by atoms with E-state index in [0.717, 1.165) is 18.5 Å². The lowest BCUT2D eigenvalue weighted by molar-refractivity contribution is 0.537. The average molecular weight is 419 g/mol. The molecule has 0 fully saturated rings. The number of fused-ring (bicyclic) bond motifs is 1. The first-order valence-electron chi connectivity index (χ1n) is 12.6. The maximum absolute atomic E-state index is 5.07. The lowest BCUT2D eigenvalue weighted by Crippen LogP contribution is -2.09. The normalized spacial score (nSPS) is 12.7. The SMILES string of the molecule is CCCCCCCCCCn1c(C(C)c2ccc(CC(C)C)cc2)nc2ccccc21. The highest BCUT2D eigenvalue weighted by Gasteiger charge is 2.18. The van der Waals surface area contributed by atoms with Crippen molar-refractivity contribution in [3.63, 3.8) is 0 Å². The van der Waals surface area contributed by atoms with E-state index in [4.69, 9.17) is 4.98 Å². The second-order valence-electron chi connectivity index (χ2n) is 9.65. The lowest BCUT2D eigenvalue weighted by atomic mass is 9.96. The topological polar surface area (TPSA) is 17.8 Å². The van der Waals surface area contributed by atoms with E-state index in [9.17, 15) is 0 Å². The van der Waals surface area contributed by atoms with Crippen molar-refractivity contribution in [3.05, 3.63) is 65.5 Å². The largest absolute Gasteiger partial charge is 0.327 e. The third-order valence-electron chi connectivity index (χ3n) is 6.43. The molecule has 0 aliphatic heterocycles. The maximum atomic E-state index is 5.07. The molecule has 0 radical (unpaired) electrons. The smallest absolute Gasteiger partial charge is 0.117 e. The number of hydrogen-bond donors (Lipinski definition) is 0. The van der Waals surface area contributed by atoms with Gasteiger partial charge in [-0.15, -0.1) is 0 Å². The van der Waals surface area contributed by atoms with Crippen LogP contribution in [0.25, 0.3) is 11.0 Å². The summed E-state index contributed by atoms with van der Waals surface area (Å²) >= 11 is 0. The van der Waals surface area contributed by atoms with Crippen LogP contribution in [0.1, 0.15) is 102 Å². The summed E-state index contributed by atoms with van der Waals surface area (Å²) in [6.45, 7) is 10.2. The lowest BCUT2D eigenvalue weighted by Gasteiger charge is -2.16. The van der Waals surface area contributed by atoms with Crippen molar-refractivity contribution >= 4 is 11.0 Å². The highest BCUT2D eigenvalue weighted by molar-refractivity contribution is 5.76. The highest BCUT2D eigenvalue weighted by atomic mass is 15.1.